The van der Waals surface area contributed by atoms with Crippen molar-refractivity contribution in [3.05, 3.63) is 70.4 Å². The molecular weight excluding hydrogens is 381 g/mol. The molecule has 0 spiro atoms. The van der Waals surface area contributed by atoms with Crippen molar-refractivity contribution in [2.24, 2.45) is 0 Å². The molecular formula is C20H18FN3O5. The number of nitrogens with zero attached hydrogens (tertiary/aromatic N) is 2. The highest BCUT2D eigenvalue weighted by Gasteiger charge is 2.23. The number of aliphatic hydroxyl groups excluding tert-OH is 1. The van der Waals surface area contributed by atoms with E-state index in [1.165, 1.54) is 37.3 Å². The number of benzene rings is 2. The van der Waals surface area contributed by atoms with Crippen LogP contribution < -0.4 is 10.9 Å². The first-order chi connectivity index (χ1) is 13.9. The van der Waals surface area contributed by atoms with E-state index in [0.717, 1.165) is 4.68 Å². The van der Waals surface area contributed by atoms with Crippen molar-refractivity contribution < 1.29 is 23.8 Å². The van der Waals surface area contributed by atoms with E-state index >= 15 is 0 Å². The van der Waals surface area contributed by atoms with E-state index in [9.17, 15) is 18.8 Å². The minimum absolute atomic E-state index is 0.0927. The number of fused-ring (bicyclic) bond motifs is 1. The summed E-state index contributed by atoms with van der Waals surface area (Å²) in [6, 6.07) is 11.5. The van der Waals surface area contributed by atoms with Gasteiger partial charge in [-0.3, -0.25) is 9.59 Å². The van der Waals surface area contributed by atoms with Gasteiger partial charge in [-0.15, -0.1) is 0 Å². The molecule has 1 heterocycles. The van der Waals surface area contributed by atoms with Gasteiger partial charge in [-0.05, 0) is 37.3 Å². The molecule has 1 atom stereocenters. The van der Waals surface area contributed by atoms with Gasteiger partial charge in [0.1, 0.15) is 5.82 Å². The number of nitrogens with one attached hydrogen (secondary N) is 1. The number of aliphatic hydroxyl groups is 1. The number of hydrogen-bond donors (Lipinski definition) is 2. The Balaban J connectivity index is 1.83. The highest BCUT2D eigenvalue weighted by molar-refractivity contribution is 6.03. The van der Waals surface area contributed by atoms with Crippen LogP contribution in [0, 0.1) is 5.82 Å². The smallest absolute Gasteiger partial charge is 0.360 e. The Morgan fingerprint density at radius 1 is 1.17 bits per heavy atom. The number of hydrogen-bond acceptors (Lipinski definition) is 6. The van der Waals surface area contributed by atoms with Gasteiger partial charge in [0.25, 0.3) is 11.5 Å². The Kier molecular flexibility index (Phi) is 5.99. The molecule has 0 unspecified atom stereocenters. The van der Waals surface area contributed by atoms with E-state index in [1.54, 1.807) is 18.2 Å². The summed E-state index contributed by atoms with van der Waals surface area (Å²) in [5.74, 6) is -1.95. The Morgan fingerprint density at radius 2 is 1.83 bits per heavy atom. The summed E-state index contributed by atoms with van der Waals surface area (Å²) in [5.41, 5.74) is -0.247. The van der Waals surface area contributed by atoms with Crippen molar-refractivity contribution in [3.8, 4) is 0 Å². The van der Waals surface area contributed by atoms with Crippen LogP contribution >= 0.6 is 0 Å². The molecule has 1 aromatic heterocycles. The summed E-state index contributed by atoms with van der Waals surface area (Å²) in [6.45, 7) is 0.948. The largest absolute Gasteiger partial charge is 0.448 e. The molecule has 0 bridgehead atoms. The van der Waals surface area contributed by atoms with Crippen LogP contribution in [-0.4, -0.2) is 39.5 Å². The molecule has 3 aromatic rings. The predicted octanol–water partition coefficient (Wildman–Crippen LogP) is 1.71. The van der Waals surface area contributed by atoms with Crippen LogP contribution in [0.1, 0.15) is 17.4 Å². The van der Waals surface area contributed by atoms with Crippen molar-refractivity contribution in [1.82, 2.24) is 9.78 Å². The number of amides is 1. The van der Waals surface area contributed by atoms with Crippen LogP contribution in [0.3, 0.4) is 0 Å². The number of halogens is 1. The van der Waals surface area contributed by atoms with Gasteiger partial charge in [-0.1, -0.05) is 18.2 Å². The molecule has 1 amide bonds. The molecule has 0 aliphatic carbocycles. The molecule has 2 aromatic carbocycles. The number of carbonyl (C=O) groups excluding carboxylic acids is 2. The monoisotopic (exact) mass is 399 g/mol. The number of anilines is 1. The van der Waals surface area contributed by atoms with E-state index in [0.29, 0.717) is 5.69 Å². The molecule has 29 heavy (non-hydrogen) atoms. The lowest BCUT2D eigenvalue weighted by atomic mass is 10.1. The zero-order valence-electron chi connectivity index (χ0n) is 15.5. The molecule has 2 N–H and O–H groups in total. The van der Waals surface area contributed by atoms with Crippen molar-refractivity contribution in [3.63, 3.8) is 0 Å². The van der Waals surface area contributed by atoms with Crippen LogP contribution in [0.2, 0.25) is 0 Å². The molecule has 0 aliphatic heterocycles. The summed E-state index contributed by atoms with van der Waals surface area (Å²) in [5, 5.41) is 16.2. The second kappa shape index (κ2) is 8.61. The zero-order chi connectivity index (χ0) is 21.0. The van der Waals surface area contributed by atoms with Gasteiger partial charge in [0.05, 0.1) is 18.5 Å². The molecule has 150 valence electrons. The van der Waals surface area contributed by atoms with E-state index in [4.69, 9.17) is 9.84 Å². The Morgan fingerprint density at radius 3 is 2.48 bits per heavy atom. The Hall–Kier alpha value is -3.59. The van der Waals surface area contributed by atoms with Crippen molar-refractivity contribution in [2.75, 3.05) is 11.9 Å². The lowest BCUT2D eigenvalue weighted by Gasteiger charge is -2.15. The predicted molar refractivity (Wildman–Crippen MR) is 103 cm³/mol. The van der Waals surface area contributed by atoms with Gasteiger partial charge >= 0.3 is 5.97 Å². The van der Waals surface area contributed by atoms with Gasteiger partial charge in [0, 0.05) is 11.1 Å². The number of carbonyl (C=O) groups is 2. The molecule has 3 rings (SSSR count). The normalized spacial score (nSPS) is 11.8. The van der Waals surface area contributed by atoms with Gasteiger partial charge < -0.3 is 15.2 Å². The summed E-state index contributed by atoms with van der Waals surface area (Å²) < 4.78 is 19.1. The van der Waals surface area contributed by atoms with Crippen LogP contribution in [-0.2, 0) is 16.1 Å². The third-order valence-electron chi connectivity index (χ3n) is 4.14. The van der Waals surface area contributed by atoms with Gasteiger partial charge in [-0.25, -0.2) is 13.9 Å². The fourth-order valence-corrected chi connectivity index (χ4v) is 2.68. The topological polar surface area (TPSA) is 111 Å². The molecule has 9 heteroatoms. The third kappa shape index (κ3) is 4.46. The minimum atomic E-state index is -1.17. The van der Waals surface area contributed by atoms with Crippen LogP contribution in [0.15, 0.2) is 53.3 Å². The zero-order valence-corrected chi connectivity index (χ0v) is 15.5. The van der Waals surface area contributed by atoms with Crippen molar-refractivity contribution in [1.29, 1.82) is 0 Å². The highest BCUT2D eigenvalue weighted by Crippen LogP contribution is 2.16. The number of ether oxygens (including phenoxy) is 1. The number of aromatic nitrogens is 2. The minimum Gasteiger partial charge on any atom is -0.448 e. The maximum atomic E-state index is 13.0. The van der Waals surface area contributed by atoms with Crippen LogP contribution in [0.4, 0.5) is 10.1 Å². The summed E-state index contributed by atoms with van der Waals surface area (Å²) >= 11 is 0. The van der Waals surface area contributed by atoms with E-state index < -0.39 is 29.4 Å². The first-order valence-electron chi connectivity index (χ1n) is 8.79. The quantitative estimate of drug-likeness (QED) is 0.611. The van der Waals surface area contributed by atoms with Gasteiger partial charge in [0.15, 0.2) is 11.8 Å². The average molecular weight is 399 g/mol. The van der Waals surface area contributed by atoms with Gasteiger partial charge in [0.2, 0.25) is 0 Å². The molecule has 0 aliphatic rings. The number of esters is 1. The summed E-state index contributed by atoms with van der Waals surface area (Å²) in [4.78, 5) is 37.3. The lowest BCUT2D eigenvalue weighted by molar-refractivity contribution is -0.123. The van der Waals surface area contributed by atoms with Crippen molar-refractivity contribution in [2.45, 2.75) is 19.6 Å². The Bertz CT molecular complexity index is 1110. The first-order valence-corrected chi connectivity index (χ1v) is 8.79. The fourth-order valence-electron chi connectivity index (χ4n) is 2.68. The van der Waals surface area contributed by atoms with E-state index in [-0.39, 0.29) is 29.6 Å². The second-order valence-corrected chi connectivity index (χ2v) is 6.19. The van der Waals surface area contributed by atoms with Crippen LogP contribution in [0.25, 0.3) is 10.8 Å². The third-order valence-corrected chi connectivity index (χ3v) is 4.14. The van der Waals surface area contributed by atoms with Crippen molar-refractivity contribution >= 4 is 28.3 Å². The fraction of sp³-hybridized carbons (Fsp3) is 0.200. The Labute approximate surface area is 164 Å². The average Bonchev–Trinajstić information content (AvgIpc) is 2.71. The summed E-state index contributed by atoms with van der Waals surface area (Å²) in [6.07, 6.45) is -1.17. The first kappa shape index (κ1) is 20.2. The van der Waals surface area contributed by atoms with Crippen LogP contribution in [0.5, 0.6) is 0 Å². The molecule has 0 saturated heterocycles. The second-order valence-electron chi connectivity index (χ2n) is 6.19. The molecule has 0 radical (unpaired) electrons. The SMILES string of the molecule is C[C@@H](OC(=O)c1nn(CCO)c(=O)c2ccccc12)C(=O)Nc1ccc(F)cc1. The molecule has 0 fully saturated rings. The standard InChI is InChI=1S/C20H18FN3O5/c1-12(18(26)22-14-8-6-13(21)7-9-14)29-20(28)17-15-4-2-3-5-16(15)19(27)24(23-17)10-11-25/h2-9,12,25H,10-11H2,1H3,(H,22,26)/t12-/m1/s1. The highest BCUT2D eigenvalue weighted by atomic mass is 19.1. The maximum absolute atomic E-state index is 13.0. The molecule has 8 nitrogen and oxygen atoms in total. The van der Waals surface area contributed by atoms with E-state index in [2.05, 4.69) is 10.4 Å². The maximum Gasteiger partial charge on any atom is 0.360 e. The van der Waals surface area contributed by atoms with Gasteiger partial charge in [-0.2, -0.15) is 5.10 Å². The lowest BCUT2D eigenvalue weighted by Crippen LogP contribution is -2.32. The molecule has 0 saturated carbocycles. The summed E-state index contributed by atoms with van der Waals surface area (Å²) in [7, 11) is 0. The van der Waals surface area contributed by atoms with E-state index in [1.807, 2.05) is 0 Å². The number of rotatable bonds is 6.